The molecule has 0 amide bonds. The topological polar surface area (TPSA) is 84.3 Å². The van der Waals surface area contributed by atoms with Crippen molar-refractivity contribution in [1.29, 1.82) is 0 Å². The van der Waals surface area contributed by atoms with Crippen LogP contribution in [-0.2, 0) is 19.5 Å². The molecule has 0 unspecified atom stereocenters. The van der Waals surface area contributed by atoms with E-state index in [0.29, 0.717) is 18.9 Å². The van der Waals surface area contributed by atoms with Gasteiger partial charge in [0.05, 0.1) is 13.1 Å². The van der Waals surface area contributed by atoms with E-state index in [-0.39, 0.29) is 0 Å². The number of imidazole rings is 1. The number of hydrogen-bond acceptors (Lipinski definition) is 5. The molecule has 2 heterocycles. The molecule has 2 aromatic carbocycles. The number of anilines is 1. The summed E-state index contributed by atoms with van der Waals surface area (Å²) < 4.78 is 0. The van der Waals surface area contributed by atoms with Crippen molar-refractivity contribution in [3.63, 3.8) is 0 Å². The highest BCUT2D eigenvalue weighted by Crippen LogP contribution is 2.13. The summed E-state index contributed by atoms with van der Waals surface area (Å²) in [5.74, 6) is 1.57. The lowest BCUT2D eigenvalue weighted by Crippen LogP contribution is -2.05. The maximum atomic E-state index is 4.44. The van der Waals surface area contributed by atoms with Gasteiger partial charge >= 0.3 is 0 Å². The number of benzene rings is 2. The Labute approximate surface area is 151 Å². The van der Waals surface area contributed by atoms with E-state index in [1.807, 2.05) is 36.5 Å². The maximum Gasteiger partial charge on any atom is 0.204 e. The minimum absolute atomic E-state index is 0.656. The number of tetrazole rings is 1. The van der Waals surface area contributed by atoms with Crippen LogP contribution < -0.4 is 5.32 Å². The molecule has 4 rings (SSSR count). The van der Waals surface area contributed by atoms with Crippen molar-refractivity contribution in [2.45, 2.75) is 19.5 Å². The van der Waals surface area contributed by atoms with E-state index in [1.54, 1.807) is 11.0 Å². The molecule has 0 fully saturated rings. The van der Waals surface area contributed by atoms with E-state index < -0.39 is 0 Å². The molecule has 0 saturated heterocycles. The van der Waals surface area contributed by atoms with Crippen LogP contribution in [0.4, 0.5) is 5.69 Å². The number of rotatable bonds is 7. The molecule has 0 atom stereocenters. The number of aromatic nitrogens is 6. The molecule has 2 N–H and O–H groups in total. The van der Waals surface area contributed by atoms with Gasteiger partial charge in [-0.3, -0.25) is 0 Å². The van der Waals surface area contributed by atoms with E-state index in [0.717, 1.165) is 23.5 Å². The van der Waals surface area contributed by atoms with Gasteiger partial charge in [-0.1, -0.05) is 42.5 Å². The summed E-state index contributed by atoms with van der Waals surface area (Å²) in [7, 11) is 0. The van der Waals surface area contributed by atoms with Gasteiger partial charge in [-0.2, -0.15) is 4.80 Å². The van der Waals surface area contributed by atoms with Crippen LogP contribution in [0.15, 0.2) is 67.0 Å². The third-order valence-corrected chi connectivity index (χ3v) is 4.05. The average Bonchev–Trinajstić information content (AvgIpc) is 3.38. The van der Waals surface area contributed by atoms with Crippen molar-refractivity contribution in [2.75, 3.05) is 5.32 Å². The third kappa shape index (κ3) is 3.94. The molecule has 0 saturated carbocycles. The standard InChI is InChI=1S/C19H19N7/c1-2-4-16(5-3-1)19-23-25-26(24-19)13-10-15-6-8-17(9-7-15)22-14-18-20-11-12-21-18/h1-9,11-12,22H,10,13-14H2,(H,20,21). The van der Waals surface area contributed by atoms with Crippen molar-refractivity contribution in [2.24, 2.45) is 0 Å². The lowest BCUT2D eigenvalue weighted by atomic mass is 10.1. The molecule has 0 spiro atoms. The van der Waals surface area contributed by atoms with Crippen LogP contribution in [0.1, 0.15) is 11.4 Å². The molecule has 130 valence electrons. The van der Waals surface area contributed by atoms with Crippen LogP contribution in [-0.4, -0.2) is 30.2 Å². The number of H-pyrrole nitrogens is 1. The number of aromatic amines is 1. The maximum absolute atomic E-state index is 4.44. The second-order valence-corrected chi connectivity index (χ2v) is 5.91. The number of nitrogens with zero attached hydrogens (tertiary/aromatic N) is 5. The quantitative estimate of drug-likeness (QED) is 0.538. The molecule has 0 bridgehead atoms. The summed E-state index contributed by atoms with van der Waals surface area (Å²) in [6.45, 7) is 1.37. The van der Waals surface area contributed by atoms with E-state index in [2.05, 4.69) is 55.0 Å². The predicted octanol–water partition coefficient (Wildman–Crippen LogP) is 2.92. The van der Waals surface area contributed by atoms with Crippen molar-refractivity contribution in [3.8, 4) is 11.4 Å². The van der Waals surface area contributed by atoms with Gasteiger partial charge in [0, 0.05) is 23.6 Å². The Balaban J connectivity index is 1.31. The van der Waals surface area contributed by atoms with Crippen LogP contribution in [0.5, 0.6) is 0 Å². The van der Waals surface area contributed by atoms with Crippen LogP contribution in [0, 0.1) is 0 Å². The molecule has 26 heavy (non-hydrogen) atoms. The van der Waals surface area contributed by atoms with Crippen LogP contribution in [0.25, 0.3) is 11.4 Å². The van der Waals surface area contributed by atoms with Gasteiger partial charge in [-0.25, -0.2) is 4.98 Å². The Kier molecular flexibility index (Phi) is 4.68. The zero-order chi connectivity index (χ0) is 17.6. The number of aryl methyl sites for hydroxylation is 2. The Morgan fingerprint density at radius 1 is 1.00 bits per heavy atom. The third-order valence-electron chi connectivity index (χ3n) is 4.05. The van der Waals surface area contributed by atoms with E-state index >= 15 is 0 Å². The van der Waals surface area contributed by atoms with Crippen LogP contribution in [0.3, 0.4) is 0 Å². The lowest BCUT2D eigenvalue weighted by molar-refractivity contribution is 0.523. The summed E-state index contributed by atoms with van der Waals surface area (Å²) in [4.78, 5) is 8.91. The smallest absolute Gasteiger partial charge is 0.204 e. The monoisotopic (exact) mass is 345 g/mol. The summed E-state index contributed by atoms with van der Waals surface area (Å²) in [6, 6.07) is 18.2. The number of nitrogens with one attached hydrogen (secondary N) is 2. The first kappa shape index (κ1) is 16.0. The normalized spacial score (nSPS) is 10.8. The lowest BCUT2D eigenvalue weighted by Gasteiger charge is -2.06. The second kappa shape index (κ2) is 7.60. The minimum atomic E-state index is 0.656. The fourth-order valence-corrected chi connectivity index (χ4v) is 2.64. The van der Waals surface area contributed by atoms with Crippen molar-refractivity contribution < 1.29 is 0 Å². The molecule has 4 aromatic rings. The summed E-state index contributed by atoms with van der Waals surface area (Å²) >= 11 is 0. The zero-order valence-corrected chi connectivity index (χ0v) is 14.2. The van der Waals surface area contributed by atoms with Gasteiger partial charge in [-0.05, 0) is 29.3 Å². The fraction of sp³-hybridized carbons (Fsp3) is 0.158. The number of hydrogen-bond donors (Lipinski definition) is 2. The van der Waals surface area contributed by atoms with Crippen molar-refractivity contribution >= 4 is 5.69 Å². The van der Waals surface area contributed by atoms with Gasteiger partial charge in [0.15, 0.2) is 0 Å². The van der Waals surface area contributed by atoms with Crippen LogP contribution >= 0.6 is 0 Å². The van der Waals surface area contributed by atoms with Gasteiger partial charge in [0.1, 0.15) is 5.82 Å². The first-order valence-corrected chi connectivity index (χ1v) is 8.51. The first-order chi connectivity index (χ1) is 12.9. The highest BCUT2D eigenvalue weighted by Gasteiger charge is 2.05. The van der Waals surface area contributed by atoms with Gasteiger partial charge in [-0.15, -0.1) is 10.2 Å². The molecular formula is C19H19N7. The van der Waals surface area contributed by atoms with E-state index in [1.165, 1.54) is 5.56 Å². The molecule has 0 aliphatic heterocycles. The first-order valence-electron chi connectivity index (χ1n) is 8.51. The van der Waals surface area contributed by atoms with Crippen molar-refractivity contribution in [3.05, 3.63) is 78.4 Å². The van der Waals surface area contributed by atoms with Gasteiger partial charge < -0.3 is 10.3 Å². The Morgan fingerprint density at radius 2 is 1.85 bits per heavy atom. The molecule has 0 aliphatic carbocycles. The minimum Gasteiger partial charge on any atom is -0.378 e. The molecule has 7 heteroatoms. The Hall–Kier alpha value is -3.48. The molecular weight excluding hydrogens is 326 g/mol. The van der Waals surface area contributed by atoms with E-state index in [9.17, 15) is 0 Å². The van der Waals surface area contributed by atoms with Crippen molar-refractivity contribution in [1.82, 2.24) is 30.2 Å². The predicted molar refractivity (Wildman–Crippen MR) is 99.3 cm³/mol. The fourth-order valence-electron chi connectivity index (χ4n) is 2.64. The molecule has 2 aromatic heterocycles. The van der Waals surface area contributed by atoms with E-state index in [4.69, 9.17) is 0 Å². The Bertz CT molecular complexity index is 928. The van der Waals surface area contributed by atoms with Gasteiger partial charge in [0.2, 0.25) is 5.82 Å². The summed E-state index contributed by atoms with van der Waals surface area (Å²) in [6.07, 6.45) is 4.42. The average molecular weight is 345 g/mol. The highest BCUT2D eigenvalue weighted by atomic mass is 15.6. The summed E-state index contributed by atoms with van der Waals surface area (Å²) in [5, 5.41) is 16.0. The highest BCUT2D eigenvalue weighted by molar-refractivity contribution is 5.53. The largest absolute Gasteiger partial charge is 0.378 e. The summed E-state index contributed by atoms with van der Waals surface area (Å²) in [5.41, 5.74) is 3.27. The molecule has 0 radical (unpaired) electrons. The molecule has 7 nitrogen and oxygen atoms in total. The second-order valence-electron chi connectivity index (χ2n) is 5.91. The Morgan fingerprint density at radius 3 is 2.62 bits per heavy atom. The zero-order valence-electron chi connectivity index (χ0n) is 14.2. The SMILES string of the molecule is c1ccc(-c2nnn(CCc3ccc(NCc4ncc[nH]4)cc3)n2)cc1. The van der Waals surface area contributed by atoms with Crippen LogP contribution in [0.2, 0.25) is 0 Å². The van der Waals surface area contributed by atoms with Gasteiger partial charge in [0.25, 0.3) is 0 Å². The molecule has 0 aliphatic rings.